The van der Waals surface area contributed by atoms with Crippen molar-refractivity contribution in [2.45, 2.75) is 24.3 Å². The molecule has 0 bridgehead atoms. The number of ether oxygens (including phenoxy) is 1. The number of fused-ring (bicyclic) bond motifs is 3. The van der Waals surface area contributed by atoms with Crippen molar-refractivity contribution in [1.82, 2.24) is 0 Å². The predicted molar refractivity (Wildman–Crippen MR) is 56.8 cm³/mol. The molecule has 0 radical (unpaired) electrons. The van der Waals surface area contributed by atoms with Gasteiger partial charge in [-0.05, 0) is 24.5 Å². The van der Waals surface area contributed by atoms with Gasteiger partial charge in [-0.3, -0.25) is 0 Å². The Kier molecular flexibility index (Phi) is 1.61. The summed E-state index contributed by atoms with van der Waals surface area (Å²) in [5, 5.41) is 3.32. The Hall–Kier alpha value is -1.51. The molecule has 15 heavy (non-hydrogen) atoms. The minimum Gasteiger partial charge on any atom is -0.467 e. The molecular formula is C12H13NO2. The van der Waals surface area contributed by atoms with E-state index in [-0.39, 0.29) is 5.97 Å². The second-order valence-corrected chi connectivity index (χ2v) is 4.27. The van der Waals surface area contributed by atoms with Crippen molar-refractivity contribution in [3.8, 4) is 0 Å². The van der Waals surface area contributed by atoms with Gasteiger partial charge in [-0.2, -0.15) is 0 Å². The lowest BCUT2D eigenvalue weighted by Crippen LogP contribution is -2.54. The summed E-state index contributed by atoms with van der Waals surface area (Å²) in [4.78, 5) is 11.8. The maximum Gasteiger partial charge on any atom is 0.332 e. The Bertz CT molecular complexity index is 429. The molecule has 3 nitrogen and oxygen atoms in total. The van der Waals surface area contributed by atoms with E-state index in [1.54, 1.807) is 0 Å². The highest BCUT2D eigenvalue weighted by Crippen LogP contribution is 2.55. The number of hydrogen-bond acceptors (Lipinski definition) is 3. The van der Waals surface area contributed by atoms with Crippen molar-refractivity contribution in [3.05, 3.63) is 29.8 Å². The molecule has 1 heterocycles. The van der Waals surface area contributed by atoms with Crippen LogP contribution in [-0.2, 0) is 9.53 Å². The largest absolute Gasteiger partial charge is 0.467 e. The maximum absolute atomic E-state index is 11.8. The summed E-state index contributed by atoms with van der Waals surface area (Å²) in [7, 11) is 1.46. The summed E-state index contributed by atoms with van der Waals surface area (Å²) >= 11 is 0. The molecule has 3 heteroatoms. The quantitative estimate of drug-likeness (QED) is 0.708. The zero-order valence-corrected chi connectivity index (χ0v) is 8.62. The third-order valence-electron chi connectivity index (χ3n) is 3.67. The summed E-state index contributed by atoms with van der Waals surface area (Å²) < 4.78 is 4.89. The first-order valence-electron chi connectivity index (χ1n) is 5.23. The van der Waals surface area contributed by atoms with Crippen LogP contribution in [0.2, 0.25) is 0 Å². The molecule has 0 saturated heterocycles. The molecule has 0 spiro atoms. The molecule has 1 fully saturated rings. The van der Waals surface area contributed by atoms with Gasteiger partial charge in [0.25, 0.3) is 0 Å². The van der Waals surface area contributed by atoms with Gasteiger partial charge in [-0.15, -0.1) is 0 Å². The van der Waals surface area contributed by atoms with E-state index >= 15 is 0 Å². The van der Waals surface area contributed by atoms with E-state index in [0.29, 0.717) is 5.92 Å². The number of benzene rings is 1. The first-order chi connectivity index (χ1) is 7.28. The van der Waals surface area contributed by atoms with Gasteiger partial charge < -0.3 is 10.1 Å². The monoisotopic (exact) mass is 203 g/mol. The first kappa shape index (κ1) is 8.77. The SMILES string of the molecule is COC(=O)C12CCC1c1ccccc1N2. The van der Waals surface area contributed by atoms with Gasteiger partial charge in [0, 0.05) is 11.6 Å². The lowest BCUT2D eigenvalue weighted by atomic mass is 9.66. The summed E-state index contributed by atoms with van der Waals surface area (Å²) in [6, 6.07) is 8.13. The van der Waals surface area contributed by atoms with Crippen molar-refractivity contribution < 1.29 is 9.53 Å². The van der Waals surface area contributed by atoms with E-state index < -0.39 is 5.54 Å². The molecule has 2 aliphatic rings. The zero-order chi connectivity index (χ0) is 10.5. The molecule has 0 aromatic heterocycles. The fraction of sp³-hybridized carbons (Fsp3) is 0.417. The smallest absolute Gasteiger partial charge is 0.332 e. The lowest BCUT2D eigenvalue weighted by molar-refractivity contribution is -0.149. The summed E-state index contributed by atoms with van der Waals surface area (Å²) in [5.41, 5.74) is 1.89. The van der Waals surface area contributed by atoms with Crippen molar-refractivity contribution in [3.63, 3.8) is 0 Å². The summed E-state index contributed by atoms with van der Waals surface area (Å²) in [6.07, 6.45) is 1.94. The molecule has 1 aliphatic carbocycles. The van der Waals surface area contributed by atoms with Crippen LogP contribution in [0, 0.1) is 0 Å². The third kappa shape index (κ3) is 0.928. The molecule has 1 N–H and O–H groups in total. The Morgan fingerprint density at radius 2 is 2.33 bits per heavy atom. The Balaban J connectivity index is 2.04. The first-order valence-corrected chi connectivity index (χ1v) is 5.23. The van der Waals surface area contributed by atoms with Crippen LogP contribution in [0.3, 0.4) is 0 Å². The van der Waals surface area contributed by atoms with E-state index in [2.05, 4.69) is 11.4 Å². The van der Waals surface area contributed by atoms with E-state index in [0.717, 1.165) is 18.5 Å². The van der Waals surface area contributed by atoms with Crippen LogP contribution in [0.4, 0.5) is 5.69 Å². The van der Waals surface area contributed by atoms with Crippen LogP contribution < -0.4 is 5.32 Å². The Labute approximate surface area is 88.4 Å². The number of hydrogen-bond donors (Lipinski definition) is 1. The number of carbonyl (C=O) groups excluding carboxylic acids is 1. The number of para-hydroxylation sites is 1. The van der Waals surface area contributed by atoms with Crippen molar-refractivity contribution in [2.75, 3.05) is 12.4 Å². The predicted octanol–water partition coefficient (Wildman–Crippen LogP) is 1.90. The molecule has 78 valence electrons. The Morgan fingerprint density at radius 3 is 3.00 bits per heavy atom. The lowest BCUT2D eigenvalue weighted by Gasteiger charge is -2.42. The van der Waals surface area contributed by atoms with Crippen molar-refractivity contribution >= 4 is 11.7 Å². The number of carbonyl (C=O) groups is 1. The molecular weight excluding hydrogens is 190 g/mol. The van der Waals surface area contributed by atoms with Gasteiger partial charge in [0.1, 0.15) is 5.54 Å². The average molecular weight is 203 g/mol. The van der Waals surface area contributed by atoms with Gasteiger partial charge in [-0.1, -0.05) is 18.2 Å². The summed E-state index contributed by atoms with van der Waals surface area (Å²) in [6.45, 7) is 0. The molecule has 3 rings (SSSR count). The number of esters is 1. The number of anilines is 1. The zero-order valence-electron chi connectivity index (χ0n) is 8.62. The van der Waals surface area contributed by atoms with Crippen molar-refractivity contribution in [1.29, 1.82) is 0 Å². The molecule has 2 atom stereocenters. The average Bonchev–Trinajstić information content (AvgIpc) is 2.46. The molecule has 2 unspecified atom stereocenters. The Morgan fingerprint density at radius 1 is 1.53 bits per heavy atom. The fourth-order valence-electron chi connectivity index (χ4n) is 2.78. The van der Waals surface area contributed by atoms with Crippen LogP contribution in [-0.4, -0.2) is 18.6 Å². The highest BCUT2D eigenvalue weighted by atomic mass is 16.5. The van der Waals surface area contributed by atoms with Crippen molar-refractivity contribution in [2.24, 2.45) is 0 Å². The maximum atomic E-state index is 11.8. The van der Waals surface area contributed by atoms with Gasteiger partial charge >= 0.3 is 5.97 Å². The van der Waals surface area contributed by atoms with Gasteiger partial charge in [0.05, 0.1) is 7.11 Å². The molecule has 0 amide bonds. The summed E-state index contributed by atoms with van der Waals surface area (Å²) in [5.74, 6) is 0.177. The van der Waals surface area contributed by atoms with Gasteiger partial charge in [0.15, 0.2) is 0 Å². The van der Waals surface area contributed by atoms with Gasteiger partial charge in [0.2, 0.25) is 0 Å². The highest BCUT2D eigenvalue weighted by Gasteiger charge is 2.58. The highest BCUT2D eigenvalue weighted by molar-refractivity contribution is 5.91. The van der Waals surface area contributed by atoms with E-state index in [1.807, 2.05) is 18.2 Å². The number of nitrogens with one attached hydrogen (secondary N) is 1. The van der Waals surface area contributed by atoms with E-state index in [9.17, 15) is 4.79 Å². The fourth-order valence-corrected chi connectivity index (χ4v) is 2.78. The van der Waals surface area contributed by atoms with Crippen LogP contribution in [0.5, 0.6) is 0 Å². The number of rotatable bonds is 1. The van der Waals surface area contributed by atoms with Gasteiger partial charge in [-0.25, -0.2) is 4.79 Å². The van der Waals surface area contributed by atoms with Crippen LogP contribution in [0.25, 0.3) is 0 Å². The molecule has 1 saturated carbocycles. The normalized spacial score (nSPS) is 30.9. The topological polar surface area (TPSA) is 38.3 Å². The van der Waals surface area contributed by atoms with E-state index in [4.69, 9.17) is 4.74 Å². The second-order valence-electron chi connectivity index (χ2n) is 4.27. The molecule has 1 aromatic rings. The van der Waals surface area contributed by atoms with Crippen LogP contribution in [0.1, 0.15) is 24.3 Å². The van der Waals surface area contributed by atoms with E-state index in [1.165, 1.54) is 12.7 Å². The molecule has 1 aromatic carbocycles. The minimum atomic E-state index is -0.460. The molecule has 1 aliphatic heterocycles. The third-order valence-corrected chi connectivity index (χ3v) is 3.67. The standard InChI is InChI=1S/C12H13NO2/c1-15-11(14)12-7-6-9(12)8-4-2-3-5-10(8)13-12/h2-5,9,13H,6-7H2,1H3. The van der Waals surface area contributed by atoms with Crippen LogP contribution in [0.15, 0.2) is 24.3 Å². The minimum absolute atomic E-state index is 0.130. The van der Waals surface area contributed by atoms with Crippen LogP contribution >= 0.6 is 0 Å². The second kappa shape index (κ2) is 2.75. The number of methoxy groups -OCH3 is 1.